The number of aromatic nitrogens is 2. The van der Waals surface area contributed by atoms with Gasteiger partial charge in [0.1, 0.15) is 4.83 Å². The van der Waals surface area contributed by atoms with Crippen LogP contribution in [0, 0.1) is 6.92 Å². The lowest BCUT2D eigenvalue weighted by atomic mass is 10.1. The van der Waals surface area contributed by atoms with Gasteiger partial charge in [-0.15, -0.1) is 11.3 Å². The maximum Gasteiger partial charge on any atom is 0.265 e. The number of fused-ring (bicyclic) bond motifs is 1. The molecule has 0 radical (unpaired) electrons. The number of piperidine rings is 1. The number of aliphatic hydroxyl groups excluding tert-OH is 1. The molecule has 1 saturated heterocycles. The van der Waals surface area contributed by atoms with E-state index >= 15 is 0 Å². The van der Waals surface area contributed by atoms with E-state index in [0.29, 0.717) is 10.9 Å². The highest BCUT2D eigenvalue weighted by atomic mass is 32.1. The zero-order valence-corrected chi connectivity index (χ0v) is 20.1. The molecule has 1 atom stereocenters. The van der Waals surface area contributed by atoms with Crippen molar-refractivity contribution in [3.63, 3.8) is 0 Å². The molecule has 2 aromatic heterocycles. The average molecular weight is 455 g/mol. The lowest BCUT2D eigenvalue weighted by Crippen LogP contribution is -2.35. The fourth-order valence-corrected chi connectivity index (χ4v) is 5.57. The fourth-order valence-electron chi connectivity index (χ4n) is 4.44. The number of carbonyl (C=O) groups excluding carboxylic acids is 1. The molecule has 6 nitrogen and oxygen atoms in total. The van der Waals surface area contributed by atoms with Gasteiger partial charge in [-0.1, -0.05) is 26.7 Å². The number of benzene rings is 1. The molecule has 0 bridgehead atoms. The summed E-state index contributed by atoms with van der Waals surface area (Å²) in [5.41, 5.74) is 2.91. The summed E-state index contributed by atoms with van der Waals surface area (Å²) in [6, 6.07) is 10.4. The third-order valence-electron chi connectivity index (χ3n) is 6.45. The van der Waals surface area contributed by atoms with Crippen molar-refractivity contribution in [1.82, 2.24) is 9.78 Å². The molecule has 32 heavy (non-hydrogen) atoms. The molecule has 0 spiro atoms. The van der Waals surface area contributed by atoms with Crippen LogP contribution in [-0.4, -0.2) is 40.0 Å². The van der Waals surface area contributed by atoms with Gasteiger partial charge in [0.15, 0.2) is 0 Å². The molecule has 0 saturated carbocycles. The molecule has 1 amide bonds. The number of anilines is 2. The second-order valence-corrected chi connectivity index (χ2v) is 9.81. The number of carbonyl (C=O) groups is 1. The minimum atomic E-state index is -0.180. The van der Waals surface area contributed by atoms with Crippen LogP contribution in [0.15, 0.2) is 30.3 Å². The first-order chi connectivity index (χ1) is 15.5. The summed E-state index contributed by atoms with van der Waals surface area (Å²) in [5.74, 6) is -0.0763. The Morgan fingerprint density at radius 2 is 1.97 bits per heavy atom. The predicted molar refractivity (Wildman–Crippen MR) is 133 cm³/mol. The van der Waals surface area contributed by atoms with Crippen LogP contribution in [0.1, 0.15) is 73.8 Å². The quantitative estimate of drug-likeness (QED) is 0.454. The van der Waals surface area contributed by atoms with Crippen molar-refractivity contribution in [3.05, 3.63) is 40.9 Å². The number of nitrogens with zero attached hydrogens (tertiary/aromatic N) is 3. The van der Waals surface area contributed by atoms with Gasteiger partial charge in [0, 0.05) is 29.9 Å². The van der Waals surface area contributed by atoms with E-state index in [4.69, 9.17) is 5.10 Å². The molecule has 172 valence electrons. The number of aliphatic hydroxyl groups is 1. The van der Waals surface area contributed by atoms with Crippen LogP contribution in [0.5, 0.6) is 0 Å². The third kappa shape index (κ3) is 4.84. The Hall–Kier alpha value is -2.38. The number of rotatable bonds is 8. The molecule has 1 aliphatic rings. The summed E-state index contributed by atoms with van der Waals surface area (Å²) in [6.07, 6.45) is 5.95. The molecular formula is C25H34N4O2S. The number of unbranched alkanes of at least 4 members (excludes halogenated alkanes) is 1. The Bertz CT molecular complexity index is 1050. The van der Waals surface area contributed by atoms with Gasteiger partial charge in [-0.2, -0.15) is 5.10 Å². The topological polar surface area (TPSA) is 70.4 Å². The normalized spacial score (nSPS) is 15.9. The summed E-state index contributed by atoms with van der Waals surface area (Å²) >= 11 is 1.53. The van der Waals surface area contributed by atoms with Crippen LogP contribution in [0.4, 0.5) is 11.4 Å². The summed E-state index contributed by atoms with van der Waals surface area (Å²) in [5, 5.41) is 18.6. The third-order valence-corrected chi connectivity index (χ3v) is 7.58. The number of aryl methyl sites for hydroxylation is 1. The Kier molecular flexibility index (Phi) is 7.16. The zero-order valence-electron chi connectivity index (χ0n) is 19.3. The van der Waals surface area contributed by atoms with Gasteiger partial charge in [-0.3, -0.25) is 9.48 Å². The number of amides is 1. The van der Waals surface area contributed by atoms with E-state index in [1.807, 2.05) is 37.3 Å². The van der Waals surface area contributed by atoms with Crippen molar-refractivity contribution in [3.8, 4) is 0 Å². The lowest BCUT2D eigenvalue weighted by Gasteiger charge is -2.31. The van der Waals surface area contributed by atoms with E-state index in [1.165, 1.54) is 24.2 Å². The van der Waals surface area contributed by atoms with Crippen LogP contribution in [-0.2, 0) is 0 Å². The number of thiophene rings is 1. The molecule has 1 aromatic carbocycles. The van der Waals surface area contributed by atoms with Crippen LogP contribution in [0.25, 0.3) is 10.2 Å². The first-order valence-corrected chi connectivity index (χ1v) is 12.6. The minimum absolute atomic E-state index is 0.0763. The molecule has 0 aliphatic carbocycles. The average Bonchev–Trinajstić information content (AvgIpc) is 3.37. The first-order valence-electron chi connectivity index (χ1n) is 11.8. The summed E-state index contributed by atoms with van der Waals surface area (Å²) < 4.78 is 2.14. The van der Waals surface area contributed by atoms with E-state index < -0.39 is 0 Å². The zero-order chi connectivity index (χ0) is 22.7. The van der Waals surface area contributed by atoms with Gasteiger partial charge in [-0.25, -0.2) is 0 Å². The van der Waals surface area contributed by atoms with Gasteiger partial charge in [0.25, 0.3) is 5.91 Å². The van der Waals surface area contributed by atoms with E-state index in [9.17, 15) is 9.90 Å². The lowest BCUT2D eigenvalue weighted by molar-refractivity contribution is 0.103. The maximum absolute atomic E-state index is 13.0. The largest absolute Gasteiger partial charge is 0.393 e. The van der Waals surface area contributed by atoms with Gasteiger partial charge in [0.2, 0.25) is 0 Å². The van der Waals surface area contributed by atoms with Crippen LogP contribution in [0.3, 0.4) is 0 Å². The Morgan fingerprint density at radius 1 is 1.25 bits per heavy atom. The Morgan fingerprint density at radius 3 is 2.62 bits per heavy atom. The molecule has 7 heteroatoms. The Balaban J connectivity index is 1.47. The monoisotopic (exact) mass is 454 g/mol. The summed E-state index contributed by atoms with van der Waals surface area (Å²) in [6.45, 7) is 8.18. The Labute approximate surface area is 194 Å². The van der Waals surface area contributed by atoms with E-state index in [-0.39, 0.29) is 12.0 Å². The molecule has 1 fully saturated rings. The molecule has 1 aliphatic heterocycles. The molecular weight excluding hydrogens is 420 g/mol. The highest BCUT2D eigenvalue weighted by Gasteiger charge is 2.21. The number of hydrogen-bond acceptors (Lipinski definition) is 5. The maximum atomic E-state index is 13.0. The minimum Gasteiger partial charge on any atom is -0.393 e. The number of nitrogens with one attached hydrogen (secondary N) is 1. The summed E-state index contributed by atoms with van der Waals surface area (Å²) in [4.78, 5) is 17.1. The van der Waals surface area contributed by atoms with Crippen molar-refractivity contribution in [2.75, 3.05) is 23.3 Å². The molecule has 2 N–H and O–H groups in total. The summed E-state index contributed by atoms with van der Waals surface area (Å²) in [7, 11) is 0. The van der Waals surface area contributed by atoms with Crippen molar-refractivity contribution in [2.45, 2.75) is 71.4 Å². The molecule has 3 aromatic rings. The molecule has 1 unspecified atom stereocenters. The smallest absolute Gasteiger partial charge is 0.265 e. The first kappa shape index (κ1) is 22.8. The van der Waals surface area contributed by atoms with Crippen LogP contribution >= 0.6 is 11.3 Å². The second kappa shape index (κ2) is 10.0. The van der Waals surface area contributed by atoms with Gasteiger partial charge < -0.3 is 15.3 Å². The highest BCUT2D eigenvalue weighted by Crippen LogP contribution is 2.33. The van der Waals surface area contributed by atoms with Gasteiger partial charge in [-0.05, 0) is 62.9 Å². The van der Waals surface area contributed by atoms with Gasteiger partial charge >= 0.3 is 0 Å². The predicted octanol–water partition coefficient (Wildman–Crippen LogP) is 5.76. The van der Waals surface area contributed by atoms with Crippen molar-refractivity contribution >= 4 is 38.8 Å². The van der Waals surface area contributed by atoms with Crippen molar-refractivity contribution in [2.24, 2.45) is 0 Å². The number of hydrogen-bond donors (Lipinski definition) is 2. The van der Waals surface area contributed by atoms with E-state index in [2.05, 4.69) is 28.7 Å². The molecule has 3 heterocycles. The van der Waals surface area contributed by atoms with Crippen LogP contribution in [0.2, 0.25) is 0 Å². The molecule has 4 rings (SSSR count). The second-order valence-electron chi connectivity index (χ2n) is 8.78. The van der Waals surface area contributed by atoms with Gasteiger partial charge in [0.05, 0.1) is 22.7 Å². The SMILES string of the molecule is CCCCC(CC)n1nc(C)c2cc(C(=O)Nc3ccc(N4CCC(O)CC4)cc3)sc21. The van der Waals surface area contributed by atoms with Crippen molar-refractivity contribution in [1.29, 1.82) is 0 Å². The standard InChI is InChI=1S/C25H34N4O2S/c1-4-6-7-19(5-2)29-25-22(17(3)27-29)16-23(32-25)24(31)26-18-8-10-20(11-9-18)28-14-12-21(30)13-15-28/h8-11,16,19,21,30H,4-7,12-15H2,1-3H3,(H,26,31). The van der Waals surface area contributed by atoms with Crippen molar-refractivity contribution < 1.29 is 9.90 Å². The highest BCUT2D eigenvalue weighted by molar-refractivity contribution is 7.20. The van der Waals surface area contributed by atoms with E-state index in [1.54, 1.807) is 0 Å². The van der Waals surface area contributed by atoms with Crippen LogP contribution < -0.4 is 10.2 Å². The fraction of sp³-hybridized carbons (Fsp3) is 0.520. The van der Waals surface area contributed by atoms with E-state index in [0.717, 1.165) is 66.1 Å².